The van der Waals surface area contributed by atoms with Crippen LogP contribution in [0.3, 0.4) is 0 Å². The van der Waals surface area contributed by atoms with Crippen LogP contribution in [0.15, 0.2) is 72.8 Å². The second-order valence-electron chi connectivity index (χ2n) is 15.1. The van der Waals surface area contributed by atoms with Gasteiger partial charge in [-0.25, -0.2) is 0 Å². The van der Waals surface area contributed by atoms with Gasteiger partial charge in [0.25, 0.3) is 5.91 Å². The number of hydrogen-bond donors (Lipinski definition) is 4. The summed E-state index contributed by atoms with van der Waals surface area (Å²) in [6, 6.07) is 20.8. The van der Waals surface area contributed by atoms with Gasteiger partial charge in [-0.15, -0.1) is 0 Å². The summed E-state index contributed by atoms with van der Waals surface area (Å²) >= 11 is 0. The zero-order chi connectivity index (χ0) is 38.4. The third-order valence-electron chi connectivity index (χ3n) is 11.1. The second kappa shape index (κ2) is 20.0. The van der Waals surface area contributed by atoms with Gasteiger partial charge >= 0.3 is 0 Å². The van der Waals surface area contributed by atoms with Crippen LogP contribution in [0.4, 0.5) is 0 Å². The Bertz CT molecular complexity index is 1720. The summed E-state index contributed by atoms with van der Waals surface area (Å²) < 4.78 is 18.1. The van der Waals surface area contributed by atoms with Crippen LogP contribution in [0.1, 0.15) is 100 Å². The zero-order valence-electron chi connectivity index (χ0n) is 32.0. The van der Waals surface area contributed by atoms with Crippen molar-refractivity contribution in [1.82, 2.24) is 21.3 Å². The minimum absolute atomic E-state index is 0.0268. The van der Waals surface area contributed by atoms with Crippen molar-refractivity contribution in [3.63, 3.8) is 0 Å². The Morgan fingerprint density at radius 3 is 2.22 bits per heavy atom. The normalized spacial score (nSPS) is 23.8. The first-order valence-corrected chi connectivity index (χ1v) is 20.2. The first-order valence-electron chi connectivity index (χ1n) is 20.2. The standard InChI is InChI=1S/C44H56N4O7/c1-2-53-38-15-9-14-34-28-54-36-22-18-30(19-23-36)24-25-45-43(51)37(26-31-10-5-3-6-11-31)47-44(52)41(33-12-7-4-8-13-33)48-39(49)27-32-16-20-35(21-17-32)46-40(50)29-55-42(34)38/h4,7-9,12-15,18-19,22-23,31-32,35,37,41H,2-3,5-6,10-11,16-17,20-21,24-29H2,1H3,(H,45,51)(H,46,50)(H,47,52)(H,48,49)/t32?,35?,37-,41+/m1/s1. The van der Waals surface area contributed by atoms with E-state index in [0.717, 1.165) is 62.5 Å². The van der Waals surface area contributed by atoms with Crippen LogP contribution in [0, 0.1) is 11.8 Å². The van der Waals surface area contributed by atoms with E-state index < -0.39 is 18.0 Å². The minimum Gasteiger partial charge on any atom is -0.490 e. The topological polar surface area (TPSA) is 144 Å². The van der Waals surface area contributed by atoms with Crippen LogP contribution in [0.25, 0.3) is 0 Å². The van der Waals surface area contributed by atoms with Crippen LogP contribution in [-0.2, 0) is 32.2 Å². The maximum Gasteiger partial charge on any atom is 0.258 e. The van der Waals surface area contributed by atoms with Crippen molar-refractivity contribution in [1.29, 1.82) is 0 Å². The lowest BCUT2D eigenvalue weighted by atomic mass is 9.83. The SMILES string of the molecule is CCOc1cccc2c1OCC(=O)NC1CCC(CC1)CC(=O)N[C@@H](c1ccccc1)C(=O)N[C@H](CC1CCCCC1)C(=O)NCCc1ccc(cc1)OC2. The van der Waals surface area contributed by atoms with E-state index in [0.29, 0.717) is 54.7 Å². The molecule has 4 amide bonds. The van der Waals surface area contributed by atoms with E-state index >= 15 is 0 Å². The summed E-state index contributed by atoms with van der Waals surface area (Å²) in [5.41, 5.74) is 2.43. The van der Waals surface area contributed by atoms with E-state index in [9.17, 15) is 19.2 Å². The first-order chi connectivity index (χ1) is 26.8. The maximum atomic E-state index is 14.1. The number of rotatable bonds is 5. The average Bonchev–Trinajstić information content (AvgIpc) is 3.20. The molecule has 2 aliphatic carbocycles. The van der Waals surface area contributed by atoms with Gasteiger partial charge in [0.05, 0.1) is 6.61 Å². The third-order valence-corrected chi connectivity index (χ3v) is 11.1. The van der Waals surface area contributed by atoms with Crippen LogP contribution in [-0.4, -0.2) is 55.5 Å². The Balaban J connectivity index is 1.21. The molecule has 0 spiro atoms. The van der Waals surface area contributed by atoms with Crippen LogP contribution in [0.5, 0.6) is 17.2 Å². The van der Waals surface area contributed by atoms with E-state index in [1.807, 2.05) is 79.7 Å². The van der Waals surface area contributed by atoms with Crippen molar-refractivity contribution in [3.8, 4) is 17.2 Å². The van der Waals surface area contributed by atoms with Gasteiger partial charge in [0.1, 0.15) is 24.4 Å². The van der Waals surface area contributed by atoms with Gasteiger partial charge in [0.15, 0.2) is 18.1 Å². The third kappa shape index (κ3) is 11.7. The van der Waals surface area contributed by atoms with Gasteiger partial charge in [0.2, 0.25) is 17.7 Å². The molecule has 6 aliphatic rings. The lowest BCUT2D eigenvalue weighted by molar-refractivity contribution is -0.133. The fourth-order valence-electron chi connectivity index (χ4n) is 8.06. The molecule has 0 saturated heterocycles. The van der Waals surface area contributed by atoms with E-state index in [1.54, 1.807) is 0 Å². The number of carbonyl (C=O) groups is 4. The molecule has 4 aliphatic heterocycles. The van der Waals surface area contributed by atoms with E-state index in [1.165, 1.54) is 6.42 Å². The number of benzene rings is 3. The van der Waals surface area contributed by atoms with Crippen molar-refractivity contribution in [2.24, 2.45) is 11.8 Å². The van der Waals surface area contributed by atoms with Gasteiger partial charge in [-0.05, 0) is 86.6 Å². The van der Waals surface area contributed by atoms with Crippen molar-refractivity contribution < 1.29 is 33.4 Å². The van der Waals surface area contributed by atoms with Gasteiger partial charge in [-0.2, -0.15) is 0 Å². The highest BCUT2D eigenvalue weighted by Crippen LogP contribution is 2.33. The Morgan fingerprint density at radius 2 is 1.47 bits per heavy atom. The fraction of sp³-hybridized carbons (Fsp3) is 0.500. The molecular weight excluding hydrogens is 697 g/mol. The molecule has 0 unspecified atom stereocenters. The second-order valence-corrected chi connectivity index (χ2v) is 15.1. The van der Waals surface area contributed by atoms with Crippen molar-refractivity contribution in [2.45, 2.75) is 109 Å². The number of para-hydroxylation sites is 1. The molecule has 4 bridgehead atoms. The molecule has 2 fully saturated rings. The molecular formula is C44H56N4O7. The minimum atomic E-state index is -0.942. The van der Waals surface area contributed by atoms with Crippen LogP contribution < -0.4 is 35.5 Å². The molecule has 2 atom stereocenters. The highest BCUT2D eigenvalue weighted by Gasteiger charge is 2.31. The fourth-order valence-corrected chi connectivity index (χ4v) is 8.06. The molecule has 11 heteroatoms. The predicted molar refractivity (Wildman–Crippen MR) is 210 cm³/mol. The molecule has 3 aromatic carbocycles. The van der Waals surface area contributed by atoms with Gasteiger partial charge in [0, 0.05) is 24.6 Å². The molecule has 3 aromatic rings. The average molecular weight is 753 g/mol. The zero-order valence-corrected chi connectivity index (χ0v) is 32.0. The quantitative estimate of drug-likeness (QED) is 0.247. The molecule has 294 valence electrons. The molecule has 4 heterocycles. The molecule has 4 N–H and O–H groups in total. The van der Waals surface area contributed by atoms with Crippen molar-refractivity contribution in [3.05, 3.63) is 89.5 Å². The van der Waals surface area contributed by atoms with Crippen molar-refractivity contribution in [2.75, 3.05) is 19.8 Å². The van der Waals surface area contributed by atoms with Crippen molar-refractivity contribution >= 4 is 23.6 Å². The Morgan fingerprint density at radius 1 is 0.709 bits per heavy atom. The number of carbonyl (C=O) groups excluding carboxylic acids is 4. The lowest BCUT2D eigenvalue weighted by Crippen LogP contribution is -2.51. The summed E-state index contributed by atoms with van der Waals surface area (Å²) in [6.07, 6.45) is 9.92. The summed E-state index contributed by atoms with van der Waals surface area (Å²) in [5.74, 6) is 1.10. The van der Waals surface area contributed by atoms with E-state index in [-0.39, 0.29) is 49.3 Å². The molecule has 9 rings (SSSR count). The monoisotopic (exact) mass is 752 g/mol. The Hall–Kier alpha value is -5.06. The van der Waals surface area contributed by atoms with Crippen LogP contribution in [0.2, 0.25) is 0 Å². The van der Waals surface area contributed by atoms with E-state index in [4.69, 9.17) is 14.2 Å². The first kappa shape index (κ1) is 39.6. The molecule has 11 nitrogen and oxygen atoms in total. The van der Waals surface area contributed by atoms with E-state index in [2.05, 4.69) is 21.3 Å². The molecule has 2 saturated carbocycles. The molecule has 55 heavy (non-hydrogen) atoms. The molecule has 0 radical (unpaired) electrons. The lowest BCUT2D eigenvalue weighted by Gasteiger charge is -2.30. The highest BCUT2D eigenvalue weighted by atomic mass is 16.5. The van der Waals surface area contributed by atoms with Crippen LogP contribution >= 0.6 is 0 Å². The van der Waals surface area contributed by atoms with Gasteiger partial charge in [-0.1, -0.05) is 86.7 Å². The van der Waals surface area contributed by atoms with Gasteiger partial charge in [-0.3, -0.25) is 19.2 Å². The Kier molecular flexibility index (Phi) is 14.4. The number of nitrogens with one attached hydrogen (secondary N) is 4. The maximum absolute atomic E-state index is 14.1. The summed E-state index contributed by atoms with van der Waals surface area (Å²) in [6.45, 7) is 2.78. The molecule has 0 aromatic heterocycles. The highest BCUT2D eigenvalue weighted by molar-refractivity contribution is 5.92. The smallest absolute Gasteiger partial charge is 0.258 e. The number of hydrogen-bond acceptors (Lipinski definition) is 7. The summed E-state index contributed by atoms with van der Waals surface area (Å²) in [5, 5.41) is 12.3. The number of ether oxygens (including phenoxy) is 3. The predicted octanol–water partition coefficient (Wildman–Crippen LogP) is 6.09. The largest absolute Gasteiger partial charge is 0.490 e. The summed E-state index contributed by atoms with van der Waals surface area (Å²) in [7, 11) is 0. The number of amides is 4. The summed E-state index contributed by atoms with van der Waals surface area (Å²) in [4.78, 5) is 54.5. The Labute approximate surface area is 324 Å². The van der Waals surface area contributed by atoms with Gasteiger partial charge < -0.3 is 35.5 Å².